The summed E-state index contributed by atoms with van der Waals surface area (Å²) in [5.74, 6) is 0.485. The second kappa shape index (κ2) is 6.52. The third-order valence-electron chi connectivity index (χ3n) is 3.75. The molecule has 5 heteroatoms. The van der Waals surface area contributed by atoms with Crippen LogP contribution in [0, 0.1) is 0 Å². The Hall–Kier alpha value is -1.49. The lowest BCUT2D eigenvalue weighted by atomic mass is 10.1. The lowest BCUT2D eigenvalue weighted by Gasteiger charge is -2.37. The first-order valence-corrected chi connectivity index (χ1v) is 8.46. The highest BCUT2D eigenvalue weighted by atomic mass is 32.2. The monoisotopic (exact) mass is 307 g/mol. The zero-order valence-electron chi connectivity index (χ0n) is 12.5. The van der Waals surface area contributed by atoms with Gasteiger partial charge in [0.15, 0.2) is 5.78 Å². The van der Waals surface area contributed by atoms with Crippen molar-refractivity contribution in [1.29, 1.82) is 0 Å². The van der Waals surface area contributed by atoms with E-state index in [1.165, 1.54) is 0 Å². The number of carbonyl (C=O) groups excluding carboxylic acids is 2. The summed E-state index contributed by atoms with van der Waals surface area (Å²) in [5, 5.41) is 0. The predicted octanol–water partition coefficient (Wildman–Crippen LogP) is 2.02. The molecule has 1 fully saturated rings. The largest absolute Gasteiger partial charge is 0.340 e. The molecule has 1 unspecified atom stereocenters. The third-order valence-corrected chi connectivity index (χ3v) is 5.66. The zero-order valence-corrected chi connectivity index (χ0v) is 13.3. The molecule has 0 aliphatic carbocycles. The van der Waals surface area contributed by atoms with Crippen molar-refractivity contribution in [2.24, 2.45) is 0 Å². The molecule has 1 aliphatic heterocycles. The van der Waals surface area contributed by atoms with Crippen LogP contribution in [0.2, 0.25) is 0 Å². The van der Waals surface area contributed by atoms with Crippen LogP contribution in [-0.4, -0.2) is 44.4 Å². The van der Waals surface area contributed by atoms with Crippen molar-refractivity contribution in [2.45, 2.75) is 31.4 Å². The van der Waals surface area contributed by atoms with Gasteiger partial charge < -0.3 is 4.90 Å². The second-order valence-electron chi connectivity index (χ2n) is 5.91. The maximum absolute atomic E-state index is 12.2. The number of rotatable bonds is 4. The van der Waals surface area contributed by atoms with Gasteiger partial charge in [0.05, 0.1) is 4.75 Å². The van der Waals surface area contributed by atoms with Crippen molar-refractivity contribution in [3.63, 3.8) is 0 Å². The van der Waals surface area contributed by atoms with Crippen molar-refractivity contribution in [2.75, 3.05) is 18.8 Å². The molecule has 114 valence electrons. The fourth-order valence-corrected chi connectivity index (χ4v) is 3.68. The van der Waals surface area contributed by atoms with Crippen molar-refractivity contribution in [3.05, 3.63) is 35.9 Å². The van der Waals surface area contributed by atoms with E-state index in [1.54, 1.807) is 17.0 Å². The molecular formula is C16H21NO3S. The quantitative estimate of drug-likeness (QED) is 0.800. The molecule has 21 heavy (non-hydrogen) atoms. The lowest BCUT2D eigenvalue weighted by Crippen LogP contribution is -2.52. The Labute approximate surface area is 128 Å². The van der Waals surface area contributed by atoms with Gasteiger partial charge in [-0.15, -0.1) is 0 Å². The molecule has 1 aromatic rings. The van der Waals surface area contributed by atoms with Gasteiger partial charge in [-0.3, -0.25) is 13.8 Å². The molecular weight excluding hydrogens is 286 g/mol. The van der Waals surface area contributed by atoms with Gasteiger partial charge >= 0.3 is 0 Å². The van der Waals surface area contributed by atoms with Crippen LogP contribution in [0.5, 0.6) is 0 Å². The van der Waals surface area contributed by atoms with E-state index in [0.29, 0.717) is 24.4 Å². The molecule has 1 saturated heterocycles. The van der Waals surface area contributed by atoms with E-state index in [0.717, 1.165) is 0 Å². The number of hydrogen-bond acceptors (Lipinski definition) is 3. The number of amides is 1. The van der Waals surface area contributed by atoms with Crippen molar-refractivity contribution in [3.8, 4) is 0 Å². The molecule has 0 radical (unpaired) electrons. The first-order valence-electron chi connectivity index (χ1n) is 7.15. The zero-order chi connectivity index (χ0) is 15.5. The van der Waals surface area contributed by atoms with E-state index < -0.39 is 10.8 Å². The van der Waals surface area contributed by atoms with Gasteiger partial charge in [-0.25, -0.2) is 0 Å². The number of ketones is 1. The van der Waals surface area contributed by atoms with Crippen LogP contribution in [0.15, 0.2) is 30.3 Å². The molecule has 1 atom stereocenters. The summed E-state index contributed by atoms with van der Waals surface area (Å²) in [7, 11) is -0.891. The summed E-state index contributed by atoms with van der Waals surface area (Å²) in [6.07, 6.45) is 0.444. The fraction of sp³-hybridized carbons (Fsp3) is 0.500. The average molecular weight is 307 g/mol. The molecule has 0 aromatic heterocycles. The normalized spacial score (nSPS) is 21.0. The summed E-state index contributed by atoms with van der Waals surface area (Å²) >= 11 is 0. The number of nitrogens with zero attached hydrogens (tertiary/aromatic N) is 1. The number of Topliss-reactive ketones (excluding diaryl/α,β-unsaturated/α-hetero) is 1. The van der Waals surface area contributed by atoms with Crippen LogP contribution in [0.3, 0.4) is 0 Å². The van der Waals surface area contributed by atoms with Crippen LogP contribution in [0.1, 0.15) is 37.0 Å². The highest BCUT2D eigenvalue weighted by molar-refractivity contribution is 7.86. The smallest absolute Gasteiger partial charge is 0.223 e. The van der Waals surface area contributed by atoms with Crippen molar-refractivity contribution >= 4 is 22.5 Å². The maximum atomic E-state index is 12.2. The molecule has 0 saturated carbocycles. The van der Waals surface area contributed by atoms with E-state index >= 15 is 0 Å². The van der Waals surface area contributed by atoms with E-state index in [4.69, 9.17) is 0 Å². The second-order valence-corrected chi connectivity index (χ2v) is 8.12. The summed E-state index contributed by atoms with van der Waals surface area (Å²) in [4.78, 5) is 25.9. The highest BCUT2D eigenvalue weighted by Crippen LogP contribution is 2.21. The van der Waals surface area contributed by atoms with Crippen molar-refractivity contribution < 1.29 is 13.8 Å². The van der Waals surface area contributed by atoms with Gasteiger partial charge in [0.2, 0.25) is 5.91 Å². The van der Waals surface area contributed by atoms with Gasteiger partial charge in [0.1, 0.15) is 0 Å². The van der Waals surface area contributed by atoms with Gasteiger partial charge in [0, 0.05) is 48.0 Å². The fourth-order valence-electron chi connectivity index (χ4n) is 2.44. The molecule has 2 rings (SSSR count). The molecule has 0 bridgehead atoms. The Bertz CT molecular complexity index is 554. The maximum Gasteiger partial charge on any atom is 0.223 e. The minimum Gasteiger partial charge on any atom is -0.340 e. The van der Waals surface area contributed by atoms with Gasteiger partial charge in [-0.05, 0) is 13.8 Å². The summed E-state index contributed by atoms with van der Waals surface area (Å²) < 4.78 is 11.5. The van der Waals surface area contributed by atoms with Gasteiger partial charge in [-0.2, -0.15) is 0 Å². The number of benzene rings is 1. The van der Waals surface area contributed by atoms with E-state index in [9.17, 15) is 13.8 Å². The van der Waals surface area contributed by atoms with E-state index in [1.807, 2.05) is 32.0 Å². The first kappa shape index (κ1) is 15.9. The highest BCUT2D eigenvalue weighted by Gasteiger charge is 2.34. The van der Waals surface area contributed by atoms with Gasteiger partial charge in [-0.1, -0.05) is 30.3 Å². The molecule has 1 aromatic carbocycles. The molecule has 1 amide bonds. The predicted molar refractivity (Wildman–Crippen MR) is 83.7 cm³/mol. The molecule has 1 aliphatic rings. The molecule has 1 heterocycles. The van der Waals surface area contributed by atoms with Crippen LogP contribution >= 0.6 is 0 Å². The van der Waals surface area contributed by atoms with Crippen molar-refractivity contribution in [1.82, 2.24) is 4.90 Å². The first-order chi connectivity index (χ1) is 9.90. The number of carbonyl (C=O) groups is 2. The van der Waals surface area contributed by atoms with Crippen LogP contribution < -0.4 is 0 Å². The Morgan fingerprint density at radius 2 is 1.86 bits per heavy atom. The van der Waals surface area contributed by atoms with Gasteiger partial charge in [0.25, 0.3) is 0 Å². The average Bonchev–Trinajstić information content (AvgIpc) is 2.48. The summed E-state index contributed by atoms with van der Waals surface area (Å²) in [6, 6.07) is 9.02. The van der Waals surface area contributed by atoms with Crippen LogP contribution in [0.4, 0.5) is 0 Å². The number of hydrogen-bond donors (Lipinski definition) is 0. The molecule has 4 nitrogen and oxygen atoms in total. The summed E-state index contributed by atoms with van der Waals surface area (Å²) in [5.41, 5.74) is 0.644. The van der Waals surface area contributed by atoms with Crippen LogP contribution in [0.25, 0.3) is 0 Å². The van der Waals surface area contributed by atoms with E-state index in [2.05, 4.69) is 0 Å². The topological polar surface area (TPSA) is 54.5 Å². The van der Waals surface area contributed by atoms with E-state index in [-0.39, 0.29) is 29.3 Å². The Morgan fingerprint density at radius 3 is 2.48 bits per heavy atom. The minimum atomic E-state index is -0.891. The standard InChI is InChI=1S/C16H21NO3S/c1-16(2)12-17(10-11-21(16)20)15(19)9-8-14(18)13-6-4-3-5-7-13/h3-7H,8-12H2,1-2H3. The Morgan fingerprint density at radius 1 is 1.19 bits per heavy atom. The summed E-state index contributed by atoms with van der Waals surface area (Å²) in [6.45, 7) is 4.85. The third kappa shape index (κ3) is 4.00. The van der Waals surface area contributed by atoms with Crippen LogP contribution in [-0.2, 0) is 15.6 Å². The minimum absolute atomic E-state index is 0.0104. The Balaban J connectivity index is 1.88. The molecule has 0 N–H and O–H groups in total. The Kier molecular flexibility index (Phi) is 4.93. The SMILES string of the molecule is CC1(C)CN(C(=O)CCC(=O)c2ccccc2)CCS1=O. The lowest BCUT2D eigenvalue weighted by molar-refractivity contribution is -0.131. The molecule has 0 spiro atoms.